The van der Waals surface area contributed by atoms with Gasteiger partial charge in [-0.25, -0.2) is 0 Å². The van der Waals surface area contributed by atoms with Gasteiger partial charge >= 0.3 is 0 Å². The van der Waals surface area contributed by atoms with Crippen molar-refractivity contribution < 1.29 is 4.79 Å². The van der Waals surface area contributed by atoms with Crippen molar-refractivity contribution >= 4 is 5.91 Å². The molecule has 1 heterocycles. The first-order chi connectivity index (χ1) is 9.15. The second kappa shape index (κ2) is 8.69. The molecule has 3 N–H and O–H groups in total. The normalized spacial score (nSPS) is 12.4. The molecule has 0 bridgehead atoms. The van der Waals surface area contributed by atoms with Gasteiger partial charge in [0.2, 0.25) is 5.91 Å². The molecule has 1 amide bonds. The highest BCUT2D eigenvalue weighted by atomic mass is 16.1. The van der Waals surface area contributed by atoms with E-state index in [9.17, 15) is 4.79 Å². The Morgan fingerprint density at radius 1 is 1.47 bits per heavy atom. The summed E-state index contributed by atoms with van der Waals surface area (Å²) in [4.78, 5) is 11.8. The maximum Gasteiger partial charge on any atom is 0.220 e. The molecule has 0 saturated carbocycles. The highest BCUT2D eigenvalue weighted by Gasteiger charge is 2.10. The Morgan fingerprint density at radius 2 is 2.26 bits per heavy atom. The minimum atomic E-state index is 0.101. The molecule has 19 heavy (non-hydrogen) atoms. The number of aromatic nitrogens is 2. The van der Waals surface area contributed by atoms with Crippen LogP contribution in [0.1, 0.15) is 44.7 Å². The largest absolute Gasteiger partial charge is 0.350 e. The standard InChI is InChI=1S/C14H26N4O/c1-3-4-12(7-9-15)5-6-14(19)16-11-13-8-10-18(2)17-13/h8,10,12H,3-7,9,11,15H2,1-2H3,(H,16,19). The zero-order chi connectivity index (χ0) is 14.1. The number of amides is 1. The van der Waals surface area contributed by atoms with Gasteiger partial charge in [-0.3, -0.25) is 9.48 Å². The number of hydrogen-bond donors (Lipinski definition) is 2. The van der Waals surface area contributed by atoms with Crippen LogP contribution in [0.25, 0.3) is 0 Å². The number of aryl methyl sites for hydroxylation is 1. The van der Waals surface area contributed by atoms with Crippen LogP contribution in [0.4, 0.5) is 0 Å². The van der Waals surface area contributed by atoms with Gasteiger partial charge in [-0.05, 0) is 31.4 Å². The molecule has 108 valence electrons. The molecule has 5 heteroatoms. The molecule has 1 aromatic rings. The molecule has 0 fully saturated rings. The zero-order valence-electron chi connectivity index (χ0n) is 12.1. The number of nitrogens with zero attached hydrogens (tertiary/aromatic N) is 2. The van der Waals surface area contributed by atoms with Gasteiger partial charge in [0.25, 0.3) is 0 Å². The minimum absolute atomic E-state index is 0.101. The predicted molar refractivity (Wildman–Crippen MR) is 76.4 cm³/mol. The summed E-state index contributed by atoms with van der Waals surface area (Å²) >= 11 is 0. The number of carbonyl (C=O) groups is 1. The maximum absolute atomic E-state index is 11.8. The van der Waals surface area contributed by atoms with E-state index in [1.807, 2.05) is 19.3 Å². The van der Waals surface area contributed by atoms with Crippen LogP contribution in [0, 0.1) is 5.92 Å². The molecule has 0 radical (unpaired) electrons. The van der Waals surface area contributed by atoms with Gasteiger partial charge < -0.3 is 11.1 Å². The van der Waals surface area contributed by atoms with Crippen molar-refractivity contribution in [2.24, 2.45) is 18.7 Å². The summed E-state index contributed by atoms with van der Waals surface area (Å²) in [5, 5.41) is 7.13. The van der Waals surface area contributed by atoms with Gasteiger partial charge in [0.1, 0.15) is 0 Å². The van der Waals surface area contributed by atoms with Gasteiger partial charge in [-0.15, -0.1) is 0 Å². The van der Waals surface area contributed by atoms with Crippen LogP contribution in [-0.4, -0.2) is 22.2 Å². The summed E-state index contributed by atoms with van der Waals surface area (Å²) in [6, 6.07) is 1.91. The van der Waals surface area contributed by atoms with E-state index in [1.54, 1.807) is 4.68 Å². The Hall–Kier alpha value is -1.36. The third-order valence-electron chi connectivity index (χ3n) is 3.29. The Kier molecular flexibility index (Phi) is 7.18. The molecule has 1 unspecified atom stereocenters. The summed E-state index contributed by atoms with van der Waals surface area (Å²) in [5.41, 5.74) is 6.48. The van der Waals surface area contributed by atoms with Crippen molar-refractivity contribution in [3.8, 4) is 0 Å². The molecule has 0 aromatic carbocycles. The molecule has 5 nitrogen and oxygen atoms in total. The molecule has 1 atom stereocenters. The van der Waals surface area contributed by atoms with Crippen LogP contribution in [-0.2, 0) is 18.4 Å². The SMILES string of the molecule is CCCC(CCN)CCC(=O)NCc1ccn(C)n1. The van der Waals surface area contributed by atoms with Crippen LogP contribution < -0.4 is 11.1 Å². The number of rotatable bonds is 9. The van der Waals surface area contributed by atoms with Crippen molar-refractivity contribution in [1.82, 2.24) is 15.1 Å². The smallest absolute Gasteiger partial charge is 0.220 e. The summed E-state index contributed by atoms with van der Waals surface area (Å²) in [7, 11) is 1.87. The van der Waals surface area contributed by atoms with Gasteiger partial charge in [0.05, 0.1) is 12.2 Å². The average Bonchev–Trinajstić information content (AvgIpc) is 2.80. The Bertz CT molecular complexity index is 369. The van der Waals surface area contributed by atoms with Crippen molar-refractivity contribution in [3.05, 3.63) is 18.0 Å². The highest BCUT2D eigenvalue weighted by Crippen LogP contribution is 2.16. The predicted octanol–water partition coefficient (Wildman–Crippen LogP) is 1.58. The van der Waals surface area contributed by atoms with E-state index in [0.717, 1.165) is 31.4 Å². The molecular weight excluding hydrogens is 240 g/mol. The van der Waals surface area contributed by atoms with Gasteiger partial charge in [0.15, 0.2) is 0 Å². The highest BCUT2D eigenvalue weighted by molar-refractivity contribution is 5.75. The van der Waals surface area contributed by atoms with Gasteiger partial charge in [-0.2, -0.15) is 5.10 Å². The average molecular weight is 266 g/mol. The van der Waals surface area contributed by atoms with E-state index in [1.165, 1.54) is 0 Å². The first kappa shape index (κ1) is 15.7. The summed E-state index contributed by atoms with van der Waals surface area (Å²) < 4.78 is 1.74. The first-order valence-electron chi connectivity index (χ1n) is 7.11. The Morgan fingerprint density at radius 3 is 2.84 bits per heavy atom. The monoisotopic (exact) mass is 266 g/mol. The van der Waals surface area contributed by atoms with Crippen LogP contribution in [0.3, 0.4) is 0 Å². The van der Waals surface area contributed by atoms with E-state index in [-0.39, 0.29) is 5.91 Å². The molecule has 1 aromatic heterocycles. The molecular formula is C14H26N4O. The molecule has 1 rings (SSSR count). The lowest BCUT2D eigenvalue weighted by atomic mass is 9.94. The lowest BCUT2D eigenvalue weighted by Crippen LogP contribution is -2.23. The topological polar surface area (TPSA) is 72.9 Å². The van der Waals surface area contributed by atoms with E-state index < -0.39 is 0 Å². The van der Waals surface area contributed by atoms with E-state index in [0.29, 0.717) is 25.4 Å². The minimum Gasteiger partial charge on any atom is -0.350 e. The second-order valence-corrected chi connectivity index (χ2v) is 5.03. The van der Waals surface area contributed by atoms with Crippen LogP contribution in [0.5, 0.6) is 0 Å². The van der Waals surface area contributed by atoms with Crippen LogP contribution in [0.2, 0.25) is 0 Å². The number of nitrogens with one attached hydrogen (secondary N) is 1. The van der Waals surface area contributed by atoms with Crippen LogP contribution >= 0.6 is 0 Å². The fraction of sp³-hybridized carbons (Fsp3) is 0.714. The zero-order valence-corrected chi connectivity index (χ0v) is 12.1. The maximum atomic E-state index is 11.8. The van der Waals surface area contributed by atoms with E-state index >= 15 is 0 Å². The third kappa shape index (κ3) is 6.38. The number of carbonyl (C=O) groups excluding carboxylic acids is 1. The Labute approximate surface area is 115 Å². The first-order valence-corrected chi connectivity index (χ1v) is 7.11. The van der Waals surface area contributed by atoms with Crippen LogP contribution in [0.15, 0.2) is 12.3 Å². The second-order valence-electron chi connectivity index (χ2n) is 5.03. The molecule has 0 saturated heterocycles. The number of nitrogens with two attached hydrogens (primary N) is 1. The summed E-state index contributed by atoms with van der Waals surface area (Å²) in [6.07, 6.45) is 6.71. The van der Waals surface area contributed by atoms with Crippen molar-refractivity contribution in [3.63, 3.8) is 0 Å². The lowest BCUT2D eigenvalue weighted by molar-refractivity contribution is -0.121. The molecule has 0 spiro atoms. The van der Waals surface area contributed by atoms with Crippen molar-refractivity contribution in [2.75, 3.05) is 6.54 Å². The molecule has 0 aliphatic carbocycles. The lowest BCUT2D eigenvalue weighted by Gasteiger charge is -2.14. The van der Waals surface area contributed by atoms with E-state index in [2.05, 4.69) is 17.3 Å². The van der Waals surface area contributed by atoms with Gasteiger partial charge in [0, 0.05) is 19.7 Å². The van der Waals surface area contributed by atoms with Gasteiger partial charge in [-0.1, -0.05) is 19.8 Å². The van der Waals surface area contributed by atoms with Crippen molar-refractivity contribution in [2.45, 2.75) is 45.6 Å². The fourth-order valence-corrected chi connectivity index (χ4v) is 2.25. The number of hydrogen-bond acceptors (Lipinski definition) is 3. The third-order valence-corrected chi connectivity index (χ3v) is 3.29. The van der Waals surface area contributed by atoms with E-state index in [4.69, 9.17) is 5.73 Å². The van der Waals surface area contributed by atoms with Crippen molar-refractivity contribution in [1.29, 1.82) is 0 Å². The molecule has 0 aliphatic rings. The summed E-state index contributed by atoms with van der Waals surface area (Å²) in [6.45, 7) is 3.39. The fourth-order valence-electron chi connectivity index (χ4n) is 2.25. The Balaban J connectivity index is 2.22. The summed E-state index contributed by atoms with van der Waals surface area (Å²) in [5.74, 6) is 0.680. The molecule has 0 aliphatic heterocycles. The quantitative estimate of drug-likeness (QED) is 0.712.